The molecule has 0 aliphatic heterocycles. The highest BCUT2D eigenvalue weighted by Gasteiger charge is 2.14. The number of anilines is 1. The minimum absolute atomic E-state index is 0.0434. The summed E-state index contributed by atoms with van der Waals surface area (Å²) in [6, 6.07) is 19.0. The number of amides is 1. The number of hydrogen-bond acceptors (Lipinski definition) is 5. The van der Waals surface area contributed by atoms with Crippen molar-refractivity contribution in [2.45, 2.75) is 26.2 Å². The highest BCUT2D eigenvalue weighted by molar-refractivity contribution is 5.96. The molecule has 2 aromatic heterocycles. The second-order valence-electron chi connectivity index (χ2n) is 8.56. The van der Waals surface area contributed by atoms with Gasteiger partial charge >= 0.3 is 5.97 Å². The Hall–Kier alpha value is -3.97. The van der Waals surface area contributed by atoms with E-state index in [2.05, 4.69) is 24.1 Å². The average Bonchev–Trinajstić information content (AvgIpc) is 3.24. The molecule has 180 valence electrons. The van der Waals surface area contributed by atoms with Crippen LogP contribution < -0.4 is 5.32 Å². The van der Waals surface area contributed by atoms with Gasteiger partial charge in [0.25, 0.3) is 0 Å². The largest absolute Gasteiger partial charge is 0.465 e. The molecule has 1 amide bonds. The maximum Gasteiger partial charge on any atom is 0.337 e. The molecule has 0 unspecified atom stereocenters. The molecule has 0 radical (unpaired) electrons. The number of carbonyl (C=O) groups is 2. The van der Waals surface area contributed by atoms with Crippen molar-refractivity contribution in [3.63, 3.8) is 0 Å². The number of pyridine rings is 1. The Kier molecular flexibility index (Phi) is 7.57. The number of hydrogen-bond donors (Lipinski definition) is 1. The molecule has 0 spiro atoms. The smallest absolute Gasteiger partial charge is 0.337 e. The third-order valence-corrected chi connectivity index (χ3v) is 5.81. The van der Waals surface area contributed by atoms with Crippen LogP contribution >= 0.6 is 0 Å². The quantitative estimate of drug-likeness (QED) is 0.270. The van der Waals surface area contributed by atoms with Crippen molar-refractivity contribution in [1.29, 1.82) is 0 Å². The molecule has 35 heavy (non-hydrogen) atoms. The van der Waals surface area contributed by atoms with Crippen LogP contribution in [-0.2, 0) is 20.7 Å². The molecular weight excluding hydrogens is 442 g/mol. The number of fused-ring (bicyclic) bond motifs is 1. The number of carbonyl (C=O) groups excluding carboxylic acids is 2. The summed E-state index contributed by atoms with van der Waals surface area (Å²) in [4.78, 5) is 28.8. The molecule has 0 saturated carbocycles. The van der Waals surface area contributed by atoms with Gasteiger partial charge in [0, 0.05) is 23.5 Å². The first-order valence-corrected chi connectivity index (χ1v) is 11.6. The molecule has 7 heteroatoms. The SMILES string of the molecule is COC(=O)c1ccc2c(c1)c(CCOCC(=O)Nc1ccc(C(C)C)cc1)cn2-c1ccccn1. The first-order valence-electron chi connectivity index (χ1n) is 11.6. The lowest BCUT2D eigenvalue weighted by Crippen LogP contribution is -2.19. The van der Waals surface area contributed by atoms with Gasteiger partial charge in [-0.05, 0) is 65.9 Å². The zero-order chi connectivity index (χ0) is 24.8. The molecule has 0 fully saturated rings. The predicted molar refractivity (Wildman–Crippen MR) is 136 cm³/mol. The highest BCUT2D eigenvalue weighted by Crippen LogP contribution is 2.26. The van der Waals surface area contributed by atoms with E-state index in [0.717, 1.165) is 28.0 Å². The molecule has 0 aliphatic rings. The minimum Gasteiger partial charge on any atom is -0.465 e. The van der Waals surface area contributed by atoms with Crippen LogP contribution in [0.4, 0.5) is 5.69 Å². The number of ether oxygens (including phenoxy) is 2. The zero-order valence-corrected chi connectivity index (χ0v) is 20.2. The summed E-state index contributed by atoms with van der Waals surface area (Å²) < 4.78 is 12.5. The van der Waals surface area contributed by atoms with Gasteiger partial charge in [0.15, 0.2) is 0 Å². The Balaban J connectivity index is 1.43. The molecule has 4 aromatic rings. The predicted octanol–water partition coefficient (Wildman–Crippen LogP) is 5.13. The van der Waals surface area contributed by atoms with Crippen molar-refractivity contribution in [2.24, 2.45) is 0 Å². The second kappa shape index (κ2) is 11.0. The van der Waals surface area contributed by atoms with E-state index in [1.54, 1.807) is 12.3 Å². The summed E-state index contributed by atoms with van der Waals surface area (Å²) in [5.74, 6) is 0.623. The van der Waals surface area contributed by atoms with Crippen LogP contribution in [0.25, 0.3) is 16.7 Å². The van der Waals surface area contributed by atoms with Gasteiger partial charge in [0.05, 0.1) is 24.8 Å². The fourth-order valence-electron chi connectivity index (χ4n) is 3.92. The van der Waals surface area contributed by atoms with E-state index >= 15 is 0 Å². The maximum absolute atomic E-state index is 12.3. The number of nitrogens with one attached hydrogen (secondary N) is 1. The molecule has 1 N–H and O–H groups in total. The van der Waals surface area contributed by atoms with E-state index in [4.69, 9.17) is 9.47 Å². The van der Waals surface area contributed by atoms with Gasteiger partial charge in [-0.3, -0.25) is 4.79 Å². The van der Waals surface area contributed by atoms with Gasteiger partial charge < -0.3 is 19.4 Å². The fourth-order valence-corrected chi connectivity index (χ4v) is 3.92. The van der Waals surface area contributed by atoms with Gasteiger partial charge in [-0.2, -0.15) is 0 Å². The Morgan fingerprint density at radius 3 is 2.54 bits per heavy atom. The van der Waals surface area contributed by atoms with E-state index in [1.807, 2.05) is 65.4 Å². The average molecular weight is 472 g/mol. The number of benzene rings is 2. The van der Waals surface area contributed by atoms with Crippen LogP contribution in [0.5, 0.6) is 0 Å². The monoisotopic (exact) mass is 471 g/mol. The molecule has 0 aliphatic carbocycles. The number of nitrogens with zero attached hydrogens (tertiary/aromatic N) is 2. The van der Waals surface area contributed by atoms with Crippen molar-refractivity contribution in [3.05, 3.63) is 89.7 Å². The first-order chi connectivity index (χ1) is 17.0. The number of esters is 1. The molecular formula is C28H29N3O4. The Labute approximate surface area is 204 Å². The van der Waals surface area contributed by atoms with Gasteiger partial charge in [-0.25, -0.2) is 9.78 Å². The second-order valence-corrected chi connectivity index (χ2v) is 8.56. The Morgan fingerprint density at radius 2 is 1.86 bits per heavy atom. The topological polar surface area (TPSA) is 82.5 Å². The maximum atomic E-state index is 12.3. The van der Waals surface area contributed by atoms with Gasteiger partial charge in [-0.1, -0.05) is 32.0 Å². The van der Waals surface area contributed by atoms with Gasteiger partial charge in [0.2, 0.25) is 5.91 Å². The lowest BCUT2D eigenvalue weighted by Gasteiger charge is -2.09. The first kappa shape index (κ1) is 24.2. The molecule has 0 bridgehead atoms. The van der Waals surface area contributed by atoms with Crippen molar-refractivity contribution in [2.75, 3.05) is 25.6 Å². The van der Waals surface area contributed by atoms with Crippen molar-refractivity contribution in [1.82, 2.24) is 9.55 Å². The van der Waals surface area contributed by atoms with E-state index < -0.39 is 5.97 Å². The van der Waals surface area contributed by atoms with E-state index in [1.165, 1.54) is 12.7 Å². The van der Waals surface area contributed by atoms with Crippen molar-refractivity contribution in [3.8, 4) is 5.82 Å². The van der Waals surface area contributed by atoms with Crippen LogP contribution in [-0.4, -0.2) is 41.8 Å². The van der Waals surface area contributed by atoms with Crippen LogP contribution in [0.1, 0.15) is 41.3 Å². The van der Waals surface area contributed by atoms with E-state index in [0.29, 0.717) is 24.5 Å². The third kappa shape index (κ3) is 5.75. The number of methoxy groups -OCH3 is 1. The third-order valence-electron chi connectivity index (χ3n) is 5.81. The van der Waals surface area contributed by atoms with Crippen LogP contribution in [0.2, 0.25) is 0 Å². The zero-order valence-electron chi connectivity index (χ0n) is 20.2. The lowest BCUT2D eigenvalue weighted by atomic mass is 10.0. The summed E-state index contributed by atoms with van der Waals surface area (Å²) in [6.45, 7) is 4.57. The number of aromatic nitrogens is 2. The molecule has 2 heterocycles. The van der Waals surface area contributed by atoms with Gasteiger partial charge in [-0.15, -0.1) is 0 Å². The highest BCUT2D eigenvalue weighted by atomic mass is 16.5. The standard InChI is InChI=1S/C28H29N3O4/c1-19(2)20-7-10-23(11-8-20)30-27(32)18-35-15-13-22-17-31(26-6-4-5-14-29-26)25-12-9-21(16-24(22)25)28(33)34-3/h4-12,14,16-17,19H,13,15,18H2,1-3H3,(H,30,32). The Bertz CT molecular complexity index is 1310. The van der Waals surface area contributed by atoms with E-state index in [-0.39, 0.29) is 12.5 Å². The summed E-state index contributed by atoms with van der Waals surface area (Å²) in [5, 5.41) is 3.77. The normalized spacial score (nSPS) is 11.1. The van der Waals surface area contributed by atoms with Gasteiger partial charge in [0.1, 0.15) is 12.4 Å². The summed E-state index contributed by atoms with van der Waals surface area (Å²) >= 11 is 0. The fraction of sp³-hybridized carbons (Fsp3) is 0.250. The molecule has 0 atom stereocenters. The van der Waals surface area contributed by atoms with E-state index in [9.17, 15) is 9.59 Å². The summed E-state index contributed by atoms with van der Waals surface area (Å²) in [7, 11) is 1.37. The van der Waals surface area contributed by atoms with Crippen LogP contribution in [0, 0.1) is 0 Å². The Morgan fingerprint density at radius 1 is 1.06 bits per heavy atom. The minimum atomic E-state index is -0.391. The van der Waals surface area contributed by atoms with Crippen molar-refractivity contribution < 1.29 is 19.1 Å². The summed E-state index contributed by atoms with van der Waals surface area (Å²) in [5.41, 5.74) is 4.36. The molecule has 0 saturated heterocycles. The number of rotatable bonds is 9. The van der Waals surface area contributed by atoms with Crippen molar-refractivity contribution >= 4 is 28.5 Å². The van der Waals surface area contributed by atoms with Crippen LogP contribution in [0.3, 0.4) is 0 Å². The molecule has 7 nitrogen and oxygen atoms in total. The summed E-state index contributed by atoms with van der Waals surface area (Å²) in [6.07, 6.45) is 4.30. The molecule has 2 aromatic carbocycles. The lowest BCUT2D eigenvalue weighted by molar-refractivity contribution is -0.120. The molecule has 4 rings (SSSR count). The van der Waals surface area contributed by atoms with Crippen LogP contribution in [0.15, 0.2) is 73.1 Å².